The molecule has 2 saturated heterocycles. The summed E-state index contributed by atoms with van der Waals surface area (Å²) in [6, 6.07) is 1.85. The summed E-state index contributed by atoms with van der Waals surface area (Å²) < 4.78 is 31.1. The average Bonchev–Trinajstić information content (AvgIpc) is 3.33. The molecule has 2 aromatic heterocycles. The first-order valence-electron chi connectivity index (χ1n) is 10.2. The zero-order valence-corrected chi connectivity index (χ0v) is 18.0. The minimum atomic E-state index is -2.97. The smallest absolute Gasteiger partial charge is 0.229 e. The molecule has 2 aliphatic rings. The molecule has 0 radical (unpaired) electrons. The van der Waals surface area contributed by atoms with Crippen molar-refractivity contribution in [2.75, 3.05) is 31.1 Å². The summed E-state index contributed by atoms with van der Waals surface area (Å²) in [5.41, 5.74) is 2.55. The highest BCUT2D eigenvalue weighted by Gasteiger charge is 2.32. The molecule has 29 heavy (non-hydrogen) atoms. The second-order valence-corrected chi connectivity index (χ2v) is 10.6. The summed E-state index contributed by atoms with van der Waals surface area (Å²) in [4.78, 5) is 19.5. The van der Waals surface area contributed by atoms with Crippen molar-refractivity contribution in [3.8, 4) is 0 Å². The number of Topliss-reactive ketones (excluding diaryl/α,β-unsaturated/α-hetero) is 1. The van der Waals surface area contributed by atoms with E-state index >= 15 is 0 Å². The molecule has 0 bridgehead atoms. The van der Waals surface area contributed by atoms with Gasteiger partial charge < -0.3 is 9.09 Å². The second-order valence-electron chi connectivity index (χ2n) is 8.37. The molecule has 0 spiro atoms. The summed E-state index contributed by atoms with van der Waals surface area (Å²) in [6.07, 6.45) is 2.41. The van der Waals surface area contributed by atoms with Crippen LogP contribution in [0, 0.1) is 20.8 Å². The van der Waals surface area contributed by atoms with Gasteiger partial charge >= 0.3 is 0 Å². The monoisotopic (exact) mass is 420 g/mol. The molecule has 0 aromatic carbocycles. The maximum absolute atomic E-state index is 13.0. The summed E-state index contributed by atoms with van der Waals surface area (Å²) in [6.45, 7) is 7.71. The number of hydrogen-bond donors (Lipinski definition) is 0. The third-order valence-corrected chi connectivity index (χ3v) is 7.96. The van der Waals surface area contributed by atoms with Crippen molar-refractivity contribution in [3.63, 3.8) is 0 Å². The lowest BCUT2D eigenvalue weighted by Gasteiger charge is -2.29. The maximum Gasteiger partial charge on any atom is 0.229 e. The number of ketones is 1. The Morgan fingerprint density at radius 2 is 1.93 bits per heavy atom. The van der Waals surface area contributed by atoms with E-state index in [2.05, 4.69) is 15.0 Å². The van der Waals surface area contributed by atoms with E-state index in [1.165, 1.54) is 0 Å². The first-order chi connectivity index (χ1) is 13.7. The van der Waals surface area contributed by atoms with Crippen LogP contribution in [-0.2, 0) is 9.84 Å². The Balaban J connectivity index is 1.40. The lowest BCUT2D eigenvalue weighted by atomic mass is 9.96. The molecule has 9 heteroatoms. The van der Waals surface area contributed by atoms with Crippen molar-refractivity contribution < 1.29 is 17.7 Å². The number of nitrogens with zero attached hydrogens (tertiary/aromatic N) is 4. The first kappa shape index (κ1) is 20.3. The minimum absolute atomic E-state index is 0.0600. The van der Waals surface area contributed by atoms with Gasteiger partial charge in [0.25, 0.3) is 0 Å². The number of sulfone groups is 1. The van der Waals surface area contributed by atoms with E-state index < -0.39 is 9.84 Å². The standard InChI is InChI=1S/C20H28N4O4S/c1-13-10-18(14(2)24(13)17-6-9-29(26,27)12-17)19(25)11-23-7-4-16(5-8-23)20-21-15(3)22-28-20/h10,16-17H,4-9,11-12H2,1-3H3/t17-/m0/s1. The van der Waals surface area contributed by atoms with Crippen LogP contribution in [0.1, 0.15) is 64.7 Å². The molecular weight excluding hydrogens is 392 g/mol. The summed E-state index contributed by atoms with van der Waals surface area (Å²) in [7, 11) is -2.97. The lowest BCUT2D eigenvalue weighted by Crippen LogP contribution is -2.37. The van der Waals surface area contributed by atoms with Crippen LogP contribution in [-0.4, -0.2) is 64.9 Å². The second kappa shape index (κ2) is 7.68. The molecule has 2 fully saturated rings. The van der Waals surface area contributed by atoms with Gasteiger partial charge in [-0.2, -0.15) is 4.98 Å². The van der Waals surface area contributed by atoms with Crippen LogP contribution < -0.4 is 0 Å². The normalized spacial score (nSPS) is 22.9. The Hall–Kier alpha value is -2.00. The molecule has 0 unspecified atom stereocenters. The highest BCUT2D eigenvalue weighted by Crippen LogP contribution is 2.30. The number of rotatable bonds is 5. The van der Waals surface area contributed by atoms with E-state index in [0.29, 0.717) is 30.2 Å². The topological polar surface area (TPSA) is 98.3 Å². The number of aryl methyl sites for hydroxylation is 2. The van der Waals surface area contributed by atoms with Crippen LogP contribution >= 0.6 is 0 Å². The van der Waals surface area contributed by atoms with Crippen molar-refractivity contribution in [1.29, 1.82) is 0 Å². The molecule has 4 rings (SSSR count). The Morgan fingerprint density at radius 1 is 1.21 bits per heavy atom. The van der Waals surface area contributed by atoms with Crippen LogP contribution in [0.25, 0.3) is 0 Å². The van der Waals surface area contributed by atoms with Crippen molar-refractivity contribution in [3.05, 3.63) is 34.7 Å². The molecular formula is C20H28N4O4S. The predicted molar refractivity (Wildman–Crippen MR) is 108 cm³/mol. The van der Waals surface area contributed by atoms with Crippen molar-refractivity contribution in [1.82, 2.24) is 19.6 Å². The number of likely N-dealkylation sites (tertiary alicyclic amines) is 1. The van der Waals surface area contributed by atoms with Gasteiger partial charge in [-0.1, -0.05) is 5.16 Å². The van der Waals surface area contributed by atoms with E-state index in [9.17, 15) is 13.2 Å². The van der Waals surface area contributed by atoms with Gasteiger partial charge in [0, 0.05) is 28.9 Å². The van der Waals surface area contributed by atoms with Crippen LogP contribution in [0.4, 0.5) is 0 Å². The SMILES string of the molecule is Cc1noc(C2CCN(CC(=O)c3cc(C)n([C@H]4CCS(=O)(=O)C4)c3C)CC2)n1. The molecule has 2 aliphatic heterocycles. The van der Waals surface area contributed by atoms with Crippen molar-refractivity contribution >= 4 is 15.6 Å². The van der Waals surface area contributed by atoms with Gasteiger partial charge in [-0.25, -0.2) is 8.42 Å². The van der Waals surface area contributed by atoms with Crippen LogP contribution in [0.2, 0.25) is 0 Å². The van der Waals surface area contributed by atoms with Gasteiger partial charge in [-0.15, -0.1) is 0 Å². The lowest BCUT2D eigenvalue weighted by molar-refractivity contribution is 0.0904. The molecule has 158 valence electrons. The molecule has 2 aromatic rings. The third kappa shape index (κ3) is 4.16. The molecule has 1 atom stereocenters. The molecule has 0 saturated carbocycles. The van der Waals surface area contributed by atoms with Crippen molar-refractivity contribution in [2.45, 2.75) is 52.0 Å². The summed E-state index contributed by atoms with van der Waals surface area (Å²) >= 11 is 0. The minimum Gasteiger partial charge on any atom is -0.344 e. The van der Waals surface area contributed by atoms with Gasteiger partial charge in [-0.3, -0.25) is 9.69 Å². The largest absolute Gasteiger partial charge is 0.344 e. The molecule has 8 nitrogen and oxygen atoms in total. The average molecular weight is 421 g/mol. The fraction of sp³-hybridized carbons (Fsp3) is 0.650. The number of piperidine rings is 1. The Labute approximate surface area is 171 Å². The predicted octanol–water partition coefficient (Wildman–Crippen LogP) is 2.22. The van der Waals surface area contributed by atoms with Crippen LogP contribution in [0.5, 0.6) is 0 Å². The Kier molecular flexibility index (Phi) is 5.37. The number of carbonyl (C=O) groups excluding carboxylic acids is 1. The maximum atomic E-state index is 13.0. The van der Waals surface area contributed by atoms with Crippen LogP contribution in [0.3, 0.4) is 0 Å². The highest BCUT2D eigenvalue weighted by molar-refractivity contribution is 7.91. The fourth-order valence-corrected chi connectivity index (χ4v) is 6.41. The van der Waals surface area contributed by atoms with Gasteiger partial charge in [0.1, 0.15) is 0 Å². The summed E-state index contributed by atoms with van der Waals surface area (Å²) in [5, 5.41) is 3.87. The van der Waals surface area contributed by atoms with E-state index in [-0.39, 0.29) is 29.2 Å². The van der Waals surface area contributed by atoms with Crippen LogP contribution in [0.15, 0.2) is 10.6 Å². The molecule has 4 heterocycles. The van der Waals surface area contributed by atoms with E-state index in [1.807, 2.05) is 31.4 Å². The molecule has 0 amide bonds. The highest BCUT2D eigenvalue weighted by atomic mass is 32.2. The van der Waals surface area contributed by atoms with Gasteiger partial charge in [0.2, 0.25) is 5.89 Å². The zero-order chi connectivity index (χ0) is 20.8. The molecule has 0 aliphatic carbocycles. The number of aromatic nitrogens is 3. The Morgan fingerprint density at radius 3 is 2.52 bits per heavy atom. The quantitative estimate of drug-likeness (QED) is 0.684. The van der Waals surface area contributed by atoms with Gasteiger partial charge in [0.15, 0.2) is 21.4 Å². The van der Waals surface area contributed by atoms with Gasteiger partial charge in [0.05, 0.1) is 18.1 Å². The fourth-order valence-electron chi connectivity index (χ4n) is 4.71. The summed E-state index contributed by atoms with van der Waals surface area (Å²) in [5.74, 6) is 2.10. The molecule has 0 N–H and O–H groups in total. The van der Waals surface area contributed by atoms with Gasteiger partial charge in [-0.05, 0) is 59.2 Å². The van der Waals surface area contributed by atoms with E-state index in [1.54, 1.807) is 0 Å². The Bertz CT molecular complexity index is 1020. The third-order valence-electron chi connectivity index (χ3n) is 6.21. The van der Waals surface area contributed by atoms with E-state index in [0.717, 1.165) is 37.3 Å². The zero-order valence-electron chi connectivity index (χ0n) is 17.2. The van der Waals surface area contributed by atoms with E-state index in [4.69, 9.17) is 4.52 Å². The first-order valence-corrected chi connectivity index (χ1v) is 12.0. The van der Waals surface area contributed by atoms with Crippen molar-refractivity contribution in [2.24, 2.45) is 0 Å². The number of carbonyl (C=O) groups is 1. The number of hydrogen-bond acceptors (Lipinski definition) is 7.